The normalized spacial score (nSPS) is 13.1. The fourth-order valence-electron chi connectivity index (χ4n) is 2.52. The molecule has 0 radical (unpaired) electrons. The molecule has 2 aromatic carbocycles. The van der Waals surface area contributed by atoms with Crippen molar-refractivity contribution >= 4 is 11.7 Å². The van der Waals surface area contributed by atoms with Gasteiger partial charge in [0.2, 0.25) is 0 Å². The van der Waals surface area contributed by atoms with Gasteiger partial charge in [-0.3, -0.25) is 9.59 Å². The molecule has 0 spiro atoms. The largest absolute Gasteiger partial charge is 0.494 e. The lowest BCUT2D eigenvalue weighted by atomic mass is 10.1. The third-order valence-electron chi connectivity index (χ3n) is 3.74. The molecule has 6 heteroatoms. The molecule has 0 saturated carbocycles. The summed E-state index contributed by atoms with van der Waals surface area (Å²) >= 11 is 0. The molecule has 5 nitrogen and oxygen atoms in total. The van der Waals surface area contributed by atoms with Crippen LogP contribution in [0.5, 0.6) is 17.2 Å². The Morgan fingerprint density at radius 3 is 2.59 bits per heavy atom. The van der Waals surface area contributed by atoms with Gasteiger partial charge in [-0.1, -0.05) is 6.08 Å². The number of hydrogen-bond donors (Lipinski definition) is 1. The van der Waals surface area contributed by atoms with E-state index in [0.29, 0.717) is 30.2 Å². The molecule has 138 valence electrons. The average molecular weight is 367 g/mol. The Bertz CT molecular complexity index is 916. The van der Waals surface area contributed by atoms with Crippen molar-refractivity contribution in [2.45, 2.75) is 13.3 Å². The molecular formula is C21H18FNO4. The van der Waals surface area contributed by atoms with E-state index in [-0.39, 0.29) is 17.1 Å². The number of nitrogens with one attached hydrogen (secondary N) is 1. The van der Waals surface area contributed by atoms with Crippen LogP contribution in [0.1, 0.15) is 23.7 Å². The second-order valence-corrected chi connectivity index (χ2v) is 5.77. The van der Waals surface area contributed by atoms with Gasteiger partial charge in [0, 0.05) is 18.2 Å². The van der Waals surface area contributed by atoms with Crippen molar-refractivity contribution in [3.63, 3.8) is 0 Å². The Balaban J connectivity index is 1.81. The molecule has 1 N–H and O–H groups in total. The first-order chi connectivity index (χ1) is 13.0. The van der Waals surface area contributed by atoms with Crippen LogP contribution in [-0.4, -0.2) is 18.3 Å². The van der Waals surface area contributed by atoms with E-state index in [4.69, 9.17) is 9.47 Å². The first-order valence-electron chi connectivity index (χ1n) is 8.48. The van der Waals surface area contributed by atoms with Crippen molar-refractivity contribution in [1.29, 1.82) is 0 Å². The zero-order valence-electron chi connectivity index (χ0n) is 14.7. The number of carbonyl (C=O) groups excluding carboxylic acids is 2. The van der Waals surface area contributed by atoms with Crippen LogP contribution in [0.3, 0.4) is 0 Å². The highest BCUT2D eigenvalue weighted by molar-refractivity contribution is 6.00. The van der Waals surface area contributed by atoms with Crippen molar-refractivity contribution < 1.29 is 23.5 Å². The molecule has 2 aromatic rings. The number of hydrogen-bond acceptors (Lipinski definition) is 4. The molecule has 0 unspecified atom stereocenters. The lowest BCUT2D eigenvalue weighted by molar-refractivity contribution is -0.113. The van der Waals surface area contributed by atoms with Gasteiger partial charge < -0.3 is 14.8 Å². The molecule has 0 aliphatic heterocycles. The summed E-state index contributed by atoms with van der Waals surface area (Å²) in [5, 5.41) is 2.59. The Morgan fingerprint density at radius 1 is 1.15 bits per heavy atom. The Kier molecular flexibility index (Phi) is 5.66. The van der Waals surface area contributed by atoms with Crippen molar-refractivity contribution in [2.24, 2.45) is 0 Å². The maximum absolute atomic E-state index is 13.7. The number of carbonyl (C=O) groups is 2. The van der Waals surface area contributed by atoms with E-state index in [2.05, 4.69) is 5.32 Å². The molecule has 0 fully saturated rings. The van der Waals surface area contributed by atoms with Crippen LogP contribution in [0.15, 0.2) is 66.4 Å². The zero-order chi connectivity index (χ0) is 19.2. The van der Waals surface area contributed by atoms with Crippen LogP contribution in [-0.2, 0) is 4.79 Å². The minimum absolute atomic E-state index is 0.0243. The van der Waals surface area contributed by atoms with Crippen LogP contribution in [0, 0.1) is 5.82 Å². The molecule has 0 heterocycles. The molecule has 0 atom stereocenters. The maximum atomic E-state index is 13.7. The number of allylic oxidation sites excluding steroid dienone is 3. The van der Waals surface area contributed by atoms with E-state index in [1.54, 1.807) is 36.4 Å². The van der Waals surface area contributed by atoms with E-state index in [0.717, 1.165) is 6.07 Å². The average Bonchev–Trinajstić information content (AvgIpc) is 2.65. The van der Waals surface area contributed by atoms with Crippen LogP contribution in [0.4, 0.5) is 4.39 Å². The van der Waals surface area contributed by atoms with Crippen molar-refractivity contribution in [1.82, 2.24) is 5.32 Å². The van der Waals surface area contributed by atoms with E-state index >= 15 is 0 Å². The van der Waals surface area contributed by atoms with Gasteiger partial charge in [-0.15, -0.1) is 0 Å². The molecule has 1 aliphatic carbocycles. The van der Waals surface area contributed by atoms with Crippen LogP contribution in [0.2, 0.25) is 0 Å². The molecule has 0 bridgehead atoms. The van der Waals surface area contributed by atoms with Gasteiger partial charge in [0.25, 0.3) is 5.91 Å². The summed E-state index contributed by atoms with van der Waals surface area (Å²) in [6.07, 6.45) is 4.92. The summed E-state index contributed by atoms with van der Waals surface area (Å²) in [5.74, 6) is 0.126. The molecule has 0 saturated heterocycles. The van der Waals surface area contributed by atoms with Crippen LogP contribution in [0.25, 0.3) is 0 Å². The summed E-state index contributed by atoms with van der Waals surface area (Å²) in [5.41, 5.74) is 0.378. The van der Waals surface area contributed by atoms with E-state index in [1.165, 1.54) is 18.2 Å². The highest BCUT2D eigenvalue weighted by Gasteiger charge is 2.16. The number of rotatable bonds is 6. The summed E-state index contributed by atoms with van der Waals surface area (Å²) < 4.78 is 24.8. The number of halogens is 1. The summed E-state index contributed by atoms with van der Waals surface area (Å²) in [6.45, 7) is 2.44. The van der Waals surface area contributed by atoms with Crippen LogP contribution >= 0.6 is 0 Å². The minimum atomic E-state index is -0.568. The smallest absolute Gasteiger partial charge is 0.259 e. The number of benzene rings is 2. The zero-order valence-corrected chi connectivity index (χ0v) is 14.7. The maximum Gasteiger partial charge on any atom is 0.259 e. The second kappa shape index (κ2) is 8.31. The molecule has 0 aromatic heterocycles. The highest BCUT2D eigenvalue weighted by atomic mass is 19.1. The monoisotopic (exact) mass is 367 g/mol. The minimum Gasteiger partial charge on any atom is -0.494 e. The standard InChI is InChI=1S/C21H18FNO4/c1-2-26-17-7-9-18(10-8-17)27-20-11-6-14(22)12-19(20)21(25)23-15-4-3-5-16(24)13-15/h3-4,6-13H,2,5H2,1H3,(H,23,25). The number of amides is 1. The third-order valence-corrected chi connectivity index (χ3v) is 3.74. The summed E-state index contributed by atoms with van der Waals surface area (Å²) in [4.78, 5) is 24.0. The fourth-order valence-corrected chi connectivity index (χ4v) is 2.52. The Hall–Kier alpha value is -3.41. The van der Waals surface area contributed by atoms with Gasteiger partial charge >= 0.3 is 0 Å². The lowest BCUT2D eigenvalue weighted by Crippen LogP contribution is -2.24. The quantitative estimate of drug-likeness (QED) is 0.833. The topological polar surface area (TPSA) is 64.6 Å². The van der Waals surface area contributed by atoms with Crippen molar-refractivity contribution in [3.8, 4) is 17.2 Å². The van der Waals surface area contributed by atoms with Gasteiger partial charge in [0.05, 0.1) is 12.2 Å². The number of ether oxygens (including phenoxy) is 2. The first kappa shape index (κ1) is 18.4. The molecule has 27 heavy (non-hydrogen) atoms. The Labute approximate surface area is 156 Å². The van der Waals surface area contributed by atoms with Gasteiger partial charge in [-0.25, -0.2) is 4.39 Å². The number of ketones is 1. The first-order valence-corrected chi connectivity index (χ1v) is 8.48. The third kappa shape index (κ3) is 4.82. The second-order valence-electron chi connectivity index (χ2n) is 5.77. The summed E-state index contributed by atoms with van der Waals surface area (Å²) in [6, 6.07) is 10.6. The SMILES string of the molecule is CCOc1ccc(Oc2ccc(F)cc2C(=O)NC2=CC(=O)CC=C2)cc1. The highest BCUT2D eigenvalue weighted by Crippen LogP contribution is 2.28. The Morgan fingerprint density at radius 2 is 1.89 bits per heavy atom. The predicted molar refractivity (Wildman–Crippen MR) is 98.4 cm³/mol. The van der Waals surface area contributed by atoms with E-state index in [1.807, 2.05) is 6.92 Å². The molecule has 1 amide bonds. The van der Waals surface area contributed by atoms with Gasteiger partial charge in [-0.2, -0.15) is 0 Å². The molecule has 1 aliphatic rings. The molecular weight excluding hydrogens is 349 g/mol. The summed E-state index contributed by atoms with van der Waals surface area (Å²) in [7, 11) is 0. The lowest BCUT2D eigenvalue weighted by Gasteiger charge is -2.13. The van der Waals surface area contributed by atoms with Crippen molar-refractivity contribution in [3.05, 3.63) is 77.8 Å². The van der Waals surface area contributed by atoms with Gasteiger partial charge in [0.15, 0.2) is 5.78 Å². The van der Waals surface area contributed by atoms with E-state index in [9.17, 15) is 14.0 Å². The van der Waals surface area contributed by atoms with E-state index < -0.39 is 11.7 Å². The van der Waals surface area contributed by atoms with Gasteiger partial charge in [-0.05, 0) is 55.5 Å². The van der Waals surface area contributed by atoms with Gasteiger partial charge in [0.1, 0.15) is 23.1 Å². The molecule has 3 rings (SSSR count). The van der Waals surface area contributed by atoms with Crippen molar-refractivity contribution in [2.75, 3.05) is 6.61 Å². The predicted octanol–water partition coefficient (Wildman–Crippen LogP) is 4.16. The van der Waals surface area contributed by atoms with Crippen LogP contribution < -0.4 is 14.8 Å². The fraction of sp³-hybridized carbons (Fsp3) is 0.143.